The predicted octanol–water partition coefficient (Wildman–Crippen LogP) is 0.810. The lowest BCUT2D eigenvalue weighted by Gasteiger charge is -2.11. The van der Waals surface area contributed by atoms with Crippen LogP contribution in [0.15, 0.2) is 12.2 Å². The SMILES string of the molecule is C=C(C)C(=O)OC1CCN(C)C1. The molecule has 0 aromatic rings. The Kier molecular flexibility index (Phi) is 2.87. The molecule has 0 bridgehead atoms. The van der Waals surface area contributed by atoms with Crippen LogP contribution in [0.3, 0.4) is 0 Å². The van der Waals surface area contributed by atoms with E-state index in [4.69, 9.17) is 4.74 Å². The molecule has 0 aliphatic carbocycles. The summed E-state index contributed by atoms with van der Waals surface area (Å²) in [4.78, 5) is 13.2. The van der Waals surface area contributed by atoms with Gasteiger partial charge in [-0.25, -0.2) is 4.79 Å². The maximum absolute atomic E-state index is 11.1. The fourth-order valence-corrected chi connectivity index (χ4v) is 1.24. The van der Waals surface area contributed by atoms with E-state index in [0.717, 1.165) is 19.5 Å². The number of nitrogens with zero attached hydrogens (tertiary/aromatic N) is 1. The topological polar surface area (TPSA) is 29.5 Å². The summed E-state index contributed by atoms with van der Waals surface area (Å²) >= 11 is 0. The van der Waals surface area contributed by atoms with E-state index in [0.29, 0.717) is 5.57 Å². The van der Waals surface area contributed by atoms with E-state index in [9.17, 15) is 4.79 Å². The monoisotopic (exact) mass is 169 g/mol. The second-order valence-electron chi connectivity index (χ2n) is 3.36. The second-order valence-corrected chi connectivity index (χ2v) is 3.36. The van der Waals surface area contributed by atoms with Crippen molar-refractivity contribution < 1.29 is 9.53 Å². The van der Waals surface area contributed by atoms with Crippen molar-refractivity contribution in [2.24, 2.45) is 0 Å². The summed E-state index contributed by atoms with van der Waals surface area (Å²) in [5, 5.41) is 0. The van der Waals surface area contributed by atoms with Crippen LogP contribution in [-0.4, -0.2) is 37.1 Å². The van der Waals surface area contributed by atoms with Crippen LogP contribution >= 0.6 is 0 Å². The van der Waals surface area contributed by atoms with Gasteiger partial charge in [-0.05, 0) is 20.4 Å². The Morgan fingerprint density at radius 3 is 2.75 bits per heavy atom. The molecule has 1 unspecified atom stereocenters. The number of carbonyl (C=O) groups excluding carboxylic acids is 1. The highest BCUT2D eigenvalue weighted by molar-refractivity contribution is 5.87. The molecule has 1 saturated heterocycles. The fourth-order valence-electron chi connectivity index (χ4n) is 1.24. The van der Waals surface area contributed by atoms with Crippen molar-refractivity contribution in [2.75, 3.05) is 20.1 Å². The summed E-state index contributed by atoms with van der Waals surface area (Å²) in [6.45, 7) is 7.05. The molecule has 0 saturated carbocycles. The third-order valence-electron chi connectivity index (χ3n) is 1.97. The molecule has 12 heavy (non-hydrogen) atoms. The molecular formula is C9H15NO2. The summed E-state index contributed by atoms with van der Waals surface area (Å²) in [5.41, 5.74) is 0.476. The van der Waals surface area contributed by atoms with Gasteiger partial charge in [0.05, 0.1) is 0 Å². The van der Waals surface area contributed by atoms with E-state index >= 15 is 0 Å². The Bertz CT molecular complexity index is 201. The van der Waals surface area contributed by atoms with E-state index < -0.39 is 0 Å². The molecule has 1 aliphatic rings. The van der Waals surface area contributed by atoms with Crippen molar-refractivity contribution in [3.05, 3.63) is 12.2 Å². The molecule has 0 aromatic carbocycles. The molecule has 3 heteroatoms. The van der Waals surface area contributed by atoms with Gasteiger partial charge in [-0.15, -0.1) is 0 Å². The van der Waals surface area contributed by atoms with E-state index in [2.05, 4.69) is 11.5 Å². The average Bonchev–Trinajstić information content (AvgIpc) is 2.35. The Hall–Kier alpha value is -0.830. The van der Waals surface area contributed by atoms with Crippen molar-refractivity contribution >= 4 is 5.97 Å². The van der Waals surface area contributed by atoms with Gasteiger partial charge < -0.3 is 9.64 Å². The van der Waals surface area contributed by atoms with Crippen LogP contribution in [-0.2, 0) is 9.53 Å². The minimum atomic E-state index is -0.268. The number of likely N-dealkylation sites (tertiary alicyclic amines) is 1. The fraction of sp³-hybridized carbons (Fsp3) is 0.667. The Balaban J connectivity index is 2.32. The number of rotatable bonds is 2. The third kappa shape index (κ3) is 2.34. The molecule has 0 aromatic heterocycles. The van der Waals surface area contributed by atoms with Crippen molar-refractivity contribution in [3.8, 4) is 0 Å². The second kappa shape index (κ2) is 3.72. The van der Waals surface area contributed by atoms with Crippen LogP contribution in [0.25, 0.3) is 0 Å². The lowest BCUT2D eigenvalue weighted by atomic mass is 10.3. The zero-order valence-corrected chi connectivity index (χ0v) is 7.67. The number of carbonyl (C=O) groups is 1. The van der Waals surface area contributed by atoms with Crippen molar-refractivity contribution in [3.63, 3.8) is 0 Å². The Morgan fingerprint density at radius 2 is 2.33 bits per heavy atom. The molecule has 0 N–H and O–H groups in total. The van der Waals surface area contributed by atoms with E-state index in [1.165, 1.54) is 0 Å². The van der Waals surface area contributed by atoms with Gasteiger partial charge in [0.2, 0.25) is 0 Å². The van der Waals surface area contributed by atoms with Crippen LogP contribution in [0.5, 0.6) is 0 Å². The number of esters is 1. The standard InChI is InChI=1S/C9H15NO2/c1-7(2)9(11)12-8-4-5-10(3)6-8/h8H,1,4-6H2,2-3H3. The summed E-state index contributed by atoms with van der Waals surface area (Å²) < 4.78 is 5.16. The maximum Gasteiger partial charge on any atom is 0.333 e. The highest BCUT2D eigenvalue weighted by Gasteiger charge is 2.22. The molecule has 1 atom stereocenters. The van der Waals surface area contributed by atoms with E-state index in [1.54, 1.807) is 6.92 Å². The molecule has 1 heterocycles. The van der Waals surface area contributed by atoms with Crippen LogP contribution < -0.4 is 0 Å². The molecule has 0 amide bonds. The normalized spacial score (nSPS) is 24.0. The largest absolute Gasteiger partial charge is 0.458 e. The van der Waals surface area contributed by atoms with E-state index in [1.807, 2.05) is 7.05 Å². The van der Waals surface area contributed by atoms with Gasteiger partial charge in [0.1, 0.15) is 6.10 Å². The van der Waals surface area contributed by atoms with E-state index in [-0.39, 0.29) is 12.1 Å². The summed E-state index contributed by atoms with van der Waals surface area (Å²) in [5.74, 6) is -0.268. The lowest BCUT2D eigenvalue weighted by Crippen LogP contribution is -2.22. The van der Waals surface area contributed by atoms with Crippen LogP contribution in [0.1, 0.15) is 13.3 Å². The zero-order chi connectivity index (χ0) is 9.14. The van der Waals surface area contributed by atoms with Crippen LogP contribution in [0, 0.1) is 0 Å². The number of ether oxygens (including phenoxy) is 1. The highest BCUT2D eigenvalue weighted by atomic mass is 16.5. The van der Waals surface area contributed by atoms with Gasteiger partial charge in [-0.2, -0.15) is 0 Å². The minimum Gasteiger partial charge on any atom is -0.458 e. The van der Waals surface area contributed by atoms with Gasteiger partial charge in [0.25, 0.3) is 0 Å². The molecule has 0 radical (unpaired) electrons. The summed E-state index contributed by atoms with van der Waals surface area (Å²) in [6.07, 6.45) is 1.01. The lowest BCUT2D eigenvalue weighted by molar-refractivity contribution is -0.143. The van der Waals surface area contributed by atoms with Gasteiger partial charge in [-0.3, -0.25) is 0 Å². The van der Waals surface area contributed by atoms with Crippen molar-refractivity contribution in [1.82, 2.24) is 4.90 Å². The maximum atomic E-state index is 11.1. The first-order valence-corrected chi connectivity index (χ1v) is 4.14. The predicted molar refractivity (Wildman–Crippen MR) is 46.8 cm³/mol. The summed E-state index contributed by atoms with van der Waals surface area (Å²) in [7, 11) is 2.02. The molecule has 68 valence electrons. The highest BCUT2D eigenvalue weighted by Crippen LogP contribution is 2.11. The molecule has 3 nitrogen and oxygen atoms in total. The van der Waals surface area contributed by atoms with Gasteiger partial charge in [0, 0.05) is 18.7 Å². The number of hydrogen-bond donors (Lipinski definition) is 0. The smallest absolute Gasteiger partial charge is 0.333 e. The Morgan fingerprint density at radius 1 is 1.67 bits per heavy atom. The van der Waals surface area contributed by atoms with Gasteiger partial charge >= 0.3 is 5.97 Å². The van der Waals surface area contributed by atoms with Crippen molar-refractivity contribution in [2.45, 2.75) is 19.4 Å². The Labute approximate surface area is 73.0 Å². The summed E-state index contributed by atoms with van der Waals surface area (Å²) in [6, 6.07) is 0. The molecule has 0 spiro atoms. The van der Waals surface area contributed by atoms with Gasteiger partial charge in [0.15, 0.2) is 0 Å². The first-order chi connectivity index (χ1) is 5.59. The zero-order valence-electron chi connectivity index (χ0n) is 7.67. The van der Waals surface area contributed by atoms with Crippen LogP contribution in [0.2, 0.25) is 0 Å². The van der Waals surface area contributed by atoms with Crippen LogP contribution in [0.4, 0.5) is 0 Å². The molecule has 1 rings (SSSR count). The number of hydrogen-bond acceptors (Lipinski definition) is 3. The first-order valence-electron chi connectivity index (χ1n) is 4.14. The molecule has 1 fully saturated rings. The van der Waals surface area contributed by atoms with Crippen molar-refractivity contribution in [1.29, 1.82) is 0 Å². The average molecular weight is 169 g/mol. The first kappa shape index (κ1) is 9.26. The third-order valence-corrected chi connectivity index (χ3v) is 1.97. The van der Waals surface area contributed by atoms with Gasteiger partial charge in [-0.1, -0.05) is 6.58 Å². The quantitative estimate of drug-likeness (QED) is 0.452. The minimum absolute atomic E-state index is 0.0687. The molecular weight excluding hydrogens is 154 g/mol. The molecule has 1 aliphatic heterocycles. The number of likely N-dealkylation sites (N-methyl/N-ethyl adjacent to an activating group) is 1.